The second kappa shape index (κ2) is 6.37. The van der Waals surface area contributed by atoms with E-state index >= 15 is 0 Å². The van der Waals surface area contributed by atoms with Crippen LogP contribution in [0.1, 0.15) is 6.92 Å². The third kappa shape index (κ3) is 3.14. The molecule has 0 atom stereocenters. The van der Waals surface area contributed by atoms with Crippen molar-refractivity contribution in [3.8, 4) is 5.75 Å². The maximum absolute atomic E-state index is 12.7. The van der Waals surface area contributed by atoms with E-state index < -0.39 is 10.0 Å². The molecule has 21 heavy (non-hydrogen) atoms. The Kier molecular flexibility index (Phi) is 4.75. The molecule has 2 aromatic rings. The summed E-state index contributed by atoms with van der Waals surface area (Å²) in [7, 11) is -2.17. The first kappa shape index (κ1) is 15.7. The smallest absolute Gasteiger partial charge is 0.264 e. The number of hydrogen-bond acceptors (Lipinski definition) is 3. The minimum atomic E-state index is -3.66. The molecule has 0 aromatic heterocycles. The molecule has 0 amide bonds. The molecule has 2 aromatic carbocycles. The van der Waals surface area contributed by atoms with E-state index in [0.29, 0.717) is 18.0 Å². The first-order chi connectivity index (χ1) is 10.0. The van der Waals surface area contributed by atoms with Crippen molar-refractivity contribution in [3.05, 3.63) is 53.6 Å². The van der Waals surface area contributed by atoms with Gasteiger partial charge in [-0.2, -0.15) is 0 Å². The van der Waals surface area contributed by atoms with E-state index in [2.05, 4.69) is 0 Å². The molecule has 0 aliphatic rings. The number of sulfonamides is 1. The SMILES string of the molecule is CCN(c1ccccc1)S(=O)(=O)c1ccc(OC)c(Cl)c1. The van der Waals surface area contributed by atoms with Gasteiger partial charge in [0, 0.05) is 6.54 Å². The quantitative estimate of drug-likeness (QED) is 0.844. The monoisotopic (exact) mass is 325 g/mol. The van der Waals surface area contributed by atoms with Crippen molar-refractivity contribution in [1.29, 1.82) is 0 Å². The molecule has 0 unspecified atom stereocenters. The third-order valence-electron chi connectivity index (χ3n) is 3.04. The third-order valence-corrected chi connectivity index (χ3v) is 5.24. The van der Waals surface area contributed by atoms with Crippen molar-refractivity contribution in [2.24, 2.45) is 0 Å². The molecule has 0 bridgehead atoms. The van der Waals surface area contributed by atoms with E-state index in [1.165, 1.54) is 23.5 Å². The number of para-hydroxylation sites is 1. The van der Waals surface area contributed by atoms with Crippen LogP contribution in [0.4, 0.5) is 5.69 Å². The molecule has 0 saturated heterocycles. The van der Waals surface area contributed by atoms with Crippen molar-refractivity contribution in [1.82, 2.24) is 0 Å². The van der Waals surface area contributed by atoms with Gasteiger partial charge in [-0.05, 0) is 37.3 Å². The summed E-state index contributed by atoms with van der Waals surface area (Å²) >= 11 is 6.02. The topological polar surface area (TPSA) is 46.6 Å². The second-order valence-corrected chi connectivity index (χ2v) is 6.57. The van der Waals surface area contributed by atoms with Crippen LogP contribution in [0, 0.1) is 0 Å². The Bertz CT molecular complexity index is 717. The van der Waals surface area contributed by atoms with Crippen LogP contribution in [-0.4, -0.2) is 22.1 Å². The number of ether oxygens (including phenoxy) is 1. The lowest BCUT2D eigenvalue weighted by Crippen LogP contribution is -2.30. The highest BCUT2D eigenvalue weighted by atomic mass is 35.5. The fraction of sp³-hybridized carbons (Fsp3) is 0.200. The van der Waals surface area contributed by atoms with Crippen LogP contribution in [0.3, 0.4) is 0 Å². The van der Waals surface area contributed by atoms with Gasteiger partial charge in [-0.25, -0.2) is 8.42 Å². The van der Waals surface area contributed by atoms with Gasteiger partial charge in [-0.3, -0.25) is 4.31 Å². The zero-order chi connectivity index (χ0) is 15.5. The molecular formula is C15H16ClNO3S. The average molecular weight is 326 g/mol. The molecule has 0 N–H and O–H groups in total. The first-order valence-corrected chi connectivity index (χ1v) is 8.24. The van der Waals surface area contributed by atoms with Gasteiger partial charge in [0.2, 0.25) is 0 Å². The van der Waals surface area contributed by atoms with Crippen LogP contribution >= 0.6 is 11.6 Å². The Morgan fingerprint density at radius 1 is 1.14 bits per heavy atom. The number of anilines is 1. The lowest BCUT2D eigenvalue weighted by molar-refractivity contribution is 0.414. The Morgan fingerprint density at radius 3 is 2.33 bits per heavy atom. The fourth-order valence-electron chi connectivity index (χ4n) is 2.02. The van der Waals surface area contributed by atoms with Gasteiger partial charge in [-0.1, -0.05) is 29.8 Å². The van der Waals surface area contributed by atoms with E-state index in [1.807, 2.05) is 6.07 Å². The highest BCUT2D eigenvalue weighted by Crippen LogP contribution is 2.30. The van der Waals surface area contributed by atoms with Gasteiger partial charge < -0.3 is 4.74 Å². The molecule has 0 fully saturated rings. The Hall–Kier alpha value is -1.72. The van der Waals surface area contributed by atoms with Crippen molar-refractivity contribution >= 4 is 27.3 Å². The van der Waals surface area contributed by atoms with Crippen LogP contribution in [0.5, 0.6) is 5.75 Å². The fourth-order valence-corrected chi connectivity index (χ4v) is 3.84. The number of benzene rings is 2. The average Bonchev–Trinajstić information content (AvgIpc) is 2.48. The van der Waals surface area contributed by atoms with Crippen LogP contribution in [0.25, 0.3) is 0 Å². The second-order valence-electron chi connectivity index (χ2n) is 4.30. The molecule has 6 heteroatoms. The predicted molar refractivity (Wildman–Crippen MR) is 84.7 cm³/mol. The molecule has 0 radical (unpaired) electrons. The highest BCUT2D eigenvalue weighted by Gasteiger charge is 2.24. The van der Waals surface area contributed by atoms with Gasteiger partial charge in [0.15, 0.2) is 0 Å². The van der Waals surface area contributed by atoms with Crippen LogP contribution in [0.2, 0.25) is 5.02 Å². The maximum Gasteiger partial charge on any atom is 0.264 e. The lowest BCUT2D eigenvalue weighted by Gasteiger charge is -2.23. The summed E-state index contributed by atoms with van der Waals surface area (Å²) in [6, 6.07) is 13.4. The molecular weight excluding hydrogens is 310 g/mol. The zero-order valence-corrected chi connectivity index (χ0v) is 13.4. The van der Waals surface area contributed by atoms with Crippen molar-refractivity contribution in [2.75, 3.05) is 18.0 Å². The summed E-state index contributed by atoms with van der Waals surface area (Å²) in [5.41, 5.74) is 0.618. The van der Waals surface area contributed by atoms with Crippen LogP contribution < -0.4 is 9.04 Å². The van der Waals surface area contributed by atoms with E-state index in [1.54, 1.807) is 37.3 Å². The predicted octanol–water partition coefficient (Wildman–Crippen LogP) is 3.56. The summed E-state index contributed by atoms with van der Waals surface area (Å²) < 4.78 is 31.9. The number of methoxy groups -OCH3 is 1. The molecule has 2 rings (SSSR count). The van der Waals surface area contributed by atoms with Gasteiger partial charge in [-0.15, -0.1) is 0 Å². The van der Waals surface area contributed by atoms with Crippen molar-refractivity contribution < 1.29 is 13.2 Å². The maximum atomic E-state index is 12.7. The van der Waals surface area contributed by atoms with E-state index in [-0.39, 0.29) is 9.92 Å². The number of nitrogens with zero attached hydrogens (tertiary/aromatic N) is 1. The summed E-state index contributed by atoms with van der Waals surface area (Å²) in [4.78, 5) is 0.138. The van der Waals surface area contributed by atoms with Gasteiger partial charge in [0.25, 0.3) is 10.0 Å². The molecule has 0 aliphatic carbocycles. The van der Waals surface area contributed by atoms with Gasteiger partial charge in [0.05, 0.1) is 22.7 Å². The number of rotatable bonds is 5. The molecule has 0 spiro atoms. The first-order valence-electron chi connectivity index (χ1n) is 6.42. The van der Waals surface area contributed by atoms with E-state index in [0.717, 1.165) is 0 Å². The van der Waals surface area contributed by atoms with Gasteiger partial charge in [0.1, 0.15) is 5.75 Å². The summed E-state index contributed by atoms with van der Waals surface area (Å²) in [6.07, 6.45) is 0. The molecule has 0 aliphatic heterocycles. The van der Waals surface area contributed by atoms with Crippen LogP contribution in [0.15, 0.2) is 53.4 Å². The standard InChI is InChI=1S/C15H16ClNO3S/c1-3-17(12-7-5-4-6-8-12)21(18,19)13-9-10-15(20-2)14(16)11-13/h4-11H,3H2,1-2H3. The van der Waals surface area contributed by atoms with E-state index in [9.17, 15) is 8.42 Å². The number of halogens is 1. The highest BCUT2D eigenvalue weighted by molar-refractivity contribution is 7.92. The minimum Gasteiger partial charge on any atom is -0.495 e. The summed E-state index contributed by atoms with van der Waals surface area (Å²) in [5, 5.41) is 0.266. The Morgan fingerprint density at radius 2 is 1.81 bits per heavy atom. The Balaban J connectivity index is 2.47. The minimum absolute atomic E-state index is 0.138. The van der Waals surface area contributed by atoms with Crippen LogP contribution in [-0.2, 0) is 10.0 Å². The molecule has 112 valence electrons. The normalized spacial score (nSPS) is 11.2. The molecule has 0 heterocycles. The molecule has 0 saturated carbocycles. The Labute approximate surface area is 130 Å². The largest absolute Gasteiger partial charge is 0.495 e. The van der Waals surface area contributed by atoms with E-state index in [4.69, 9.17) is 16.3 Å². The summed E-state index contributed by atoms with van der Waals surface area (Å²) in [5.74, 6) is 0.443. The van der Waals surface area contributed by atoms with Crippen molar-refractivity contribution in [3.63, 3.8) is 0 Å². The lowest BCUT2D eigenvalue weighted by atomic mass is 10.3. The zero-order valence-electron chi connectivity index (χ0n) is 11.8. The van der Waals surface area contributed by atoms with Gasteiger partial charge >= 0.3 is 0 Å². The summed E-state index contributed by atoms with van der Waals surface area (Å²) in [6.45, 7) is 2.12. The molecule has 4 nitrogen and oxygen atoms in total. The number of hydrogen-bond donors (Lipinski definition) is 0. The van der Waals surface area contributed by atoms with Crippen molar-refractivity contribution in [2.45, 2.75) is 11.8 Å².